The number of nitrogens with one attached hydrogen (secondary N) is 1. The van der Waals surface area contributed by atoms with Crippen LogP contribution in [0.5, 0.6) is 0 Å². The van der Waals surface area contributed by atoms with Gasteiger partial charge in [-0.1, -0.05) is 29.8 Å². The predicted octanol–water partition coefficient (Wildman–Crippen LogP) is 5.13. The largest absolute Gasteiger partial charge is 0.459 e. The monoisotopic (exact) mass is 359 g/mol. The van der Waals surface area contributed by atoms with E-state index in [-0.39, 0.29) is 17.5 Å². The van der Waals surface area contributed by atoms with Crippen molar-refractivity contribution < 1.29 is 18.4 Å². The summed E-state index contributed by atoms with van der Waals surface area (Å²) in [5, 5.41) is 3.59. The van der Waals surface area contributed by atoms with Gasteiger partial charge < -0.3 is 14.2 Å². The molecule has 2 aromatic heterocycles. The molecule has 1 N–H and O–H groups in total. The van der Waals surface area contributed by atoms with Crippen molar-refractivity contribution in [2.45, 2.75) is 13.8 Å². The predicted molar refractivity (Wildman–Crippen MR) is 102 cm³/mol. The first-order valence-electron chi connectivity index (χ1n) is 8.52. The van der Waals surface area contributed by atoms with Gasteiger partial charge in [0.1, 0.15) is 5.58 Å². The summed E-state index contributed by atoms with van der Waals surface area (Å²) in [4.78, 5) is 24.9. The second kappa shape index (κ2) is 6.61. The third kappa shape index (κ3) is 3.15. The fourth-order valence-corrected chi connectivity index (χ4v) is 2.96. The number of hydrogen-bond donors (Lipinski definition) is 1. The topological polar surface area (TPSA) is 72.5 Å². The van der Waals surface area contributed by atoms with Crippen LogP contribution in [-0.2, 0) is 0 Å². The zero-order chi connectivity index (χ0) is 19.0. The Morgan fingerprint density at radius 1 is 0.963 bits per heavy atom. The van der Waals surface area contributed by atoms with Crippen LogP contribution < -0.4 is 5.32 Å². The highest BCUT2D eigenvalue weighted by Crippen LogP contribution is 2.29. The third-order valence-corrected chi connectivity index (χ3v) is 4.46. The highest BCUT2D eigenvalue weighted by Gasteiger charge is 2.20. The zero-order valence-electron chi connectivity index (χ0n) is 14.9. The van der Waals surface area contributed by atoms with Gasteiger partial charge in [-0.25, -0.2) is 0 Å². The number of anilines is 1. The fraction of sp³-hybridized carbons (Fsp3) is 0.0909. The van der Waals surface area contributed by atoms with Gasteiger partial charge in [0.05, 0.1) is 6.26 Å². The number of ketones is 1. The maximum absolute atomic E-state index is 12.8. The van der Waals surface area contributed by atoms with Crippen molar-refractivity contribution in [2.75, 3.05) is 5.32 Å². The van der Waals surface area contributed by atoms with Crippen LogP contribution in [0.15, 0.2) is 69.7 Å². The lowest BCUT2D eigenvalue weighted by Gasteiger charge is -2.02. The second-order valence-electron chi connectivity index (χ2n) is 6.39. The minimum absolute atomic E-state index is 0.162. The number of benzene rings is 2. The number of carbonyl (C=O) groups excluding carboxylic acids is 2. The van der Waals surface area contributed by atoms with Crippen molar-refractivity contribution in [2.24, 2.45) is 0 Å². The molecule has 134 valence electrons. The van der Waals surface area contributed by atoms with Gasteiger partial charge in [0.25, 0.3) is 5.91 Å². The Labute approximate surface area is 155 Å². The van der Waals surface area contributed by atoms with Crippen LogP contribution in [0.2, 0.25) is 0 Å². The van der Waals surface area contributed by atoms with E-state index in [4.69, 9.17) is 8.83 Å². The lowest BCUT2D eigenvalue weighted by Crippen LogP contribution is -2.10. The third-order valence-electron chi connectivity index (χ3n) is 4.46. The minimum atomic E-state index is -0.349. The Morgan fingerprint density at radius 2 is 1.74 bits per heavy atom. The molecular weight excluding hydrogens is 342 g/mol. The van der Waals surface area contributed by atoms with Crippen molar-refractivity contribution in [3.63, 3.8) is 0 Å². The molecular formula is C22H17NO4. The molecule has 0 saturated carbocycles. The van der Waals surface area contributed by atoms with Crippen molar-refractivity contribution in [1.29, 1.82) is 0 Å². The molecule has 0 saturated heterocycles. The molecule has 0 aliphatic rings. The molecule has 1 amide bonds. The molecule has 0 fully saturated rings. The maximum atomic E-state index is 12.8. The quantitative estimate of drug-likeness (QED) is 0.513. The molecule has 5 heteroatoms. The van der Waals surface area contributed by atoms with E-state index in [2.05, 4.69) is 5.32 Å². The summed E-state index contributed by atoms with van der Waals surface area (Å²) in [6.07, 6.45) is 1.44. The average Bonchev–Trinajstić information content (AvgIpc) is 3.30. The minimum Gasteiger partial charge on any atom is -0.459 e. The van der Waals surface area contributed by atoms with Crippen molar-refractivity contribution in [3.05, 3.63) is 89.1 Å². The molecule has 0 atom stereocenters. The standard InChI is InChI=1S/C22H17NO4/c1-13-5-7-15(8-6-13)20(24)21-14(2)17-10-9-16(12-19(17)27-21)23-22(25)18-4-3-11-26-18/h3-12H,1-2H3,(H,23,25). The van der Waals surface area contributed by atoms with Crippen molar-refractivity contribution >= 4 is 28.3 Å². The summed E-state index contributed by atoms with van der Waals surface area (Å²) < 4.78 is 10.9. The van der Waals surface area contributed by atoms with Gasteiger partial charge in [-0.2, -0.15) is 0 Å². The first kappa shape index (κ1) is 16.8. The Morgan fingerprint density at radius 3 is 2.44 bits per heavy atom. The Kier molecular flexibility index (Phi) is 4.12. The van der Waals surface area contributed by atoms with Gasteiger partial charge in [-0.15, -0.1) is 0 Å². The summed E-state index contributed by atoms with van der Waals surface area (Å²) >= 11 is 0. The van der Waals surface area contributed by atoms with Gasteiger partial charge in [-0.05, 0) is 38.1 Å². The van der Waals surface area contributed by atoms with E-state index in [0.717, 1.165) is 16.5 Å². The molecule has 0 radical (unpaired) electrons. The molecule has 5 nitrogen and oxygen atoms in total. The van der Waals surface area contributed by atoms with Gasteiger partial charge in [0, 0.05) is 28.3 Å². The molecule has 0 aliphatic carbocycles. The zero-order valence-corrected chi connectivity index (χ0v) is 14.9. The van der Waals surface area contributed by atoms with Crippen LogP contribution >= 0.6 is 0 Å². The molecule has 2 aromatic carbocycles. The Balaban J connectivity index is 1.66. The number of rotatable bonds is 4. The molecule has 0 unspecified atom stereocenters. The van der Waals surface area contributed by atoms with E-state index in [1.807, 2.05) is 32.0 Å². The van der Waals surface area contributed by atoms with Gasteiger partial charge >= 0.3 is 0 Å². The number of aryl methyl sites for hydroxylation is 2. The summed E-state index contributed by atoms with van der Waals surface area (Å²) in [5.41, 5.74) is 3.55. The first-order chi connectivity index (χ1) is 13.0. The van der Waals surface area contributed by atoms with Gasteiger partial charge in [0.2, 0.25) is 5.78 Å². The average molecular weight is 359 g/mol. The SMILES string of the molecule is Cc1ccc(C(=O)c2oc3cc(NC(=O)c4ccco4)ccc3c2C)cc1. The Hall–Kier alpha value is -3.60. The number of amides is 1. The Bertz CT molecular complexity index is 1140. The van der Waals surface area contributed by atoms with Crippen LogP contribution in [0.3, 0.4) is 0 Å². The number of fused-ring (bicyclic) bond motifs is 1. The molecule has 0 bridgehead atoms. The summed E-state index contributed by atoms with van der Waals surface area (Å²) in [5.74, 6) is 0.0211. The molecule has 4 aromatic rings. The van der Waals surface area contributed by atoms with E-state index in [1.54, 1.807) is 36.4 Å². The van der Waals surface area contributed by atoms with E-state index < -0.39 is 0 Å². The first-order valence-corrected chi connectivity index (χ1v) is 8.52. The smallest absolute Gasteiger partial charge is 0.291 e. The number of hydrogen-bond acceptors (Lipinski definition) is 4. The molecule has 0 aliphatic heterocycles. The van der Waals surface area contributed by atoms with Crippen LogP contribution in [0, 0.1) is 13.8 Å². The van der Waals surface area contributed by atoms with E-state index in [0.29, 0.717) is 22.6 Å². The van der Waals surface area contributed by atoms with E-state index in [9.17, 15) is 9.59 Å². The fourth-order valence-electron chi connectivity index (χ4n) is 2.96. The highest BCUT2D eigenvalue weighted by molar-refractivity contribution is 6.11. The van der Waals surface area contributed by atoms with Crippen molar-refractivity contribution in [1.82, 2.24) is 0 Å². The van der Waals surface area contributed by atoms with Crippen LogP contribution in [0.1, 0.15) is 37.8 Å². The molecule has 2 heterocycles. The van der Waals surface area contributed by atoms with Crippen molar-refractivity contribution in [3.8, 4) is 0 Å². The molecule has 0 spiro atoms. The summed E-state index contributed by atoms with van der Waals surface area (Å²) in [6, 6.07) is 15.9. The highest BCUT2D eigenvalue weighted by atomic mass is 16.3. The second-order valence-corrected chi connectivity index (χ2v) is 6.39. The maximum Gasteiger partial charge on any atom is 0.291 e. The lowest BCUT2D eigenvalue weighted by atomic mass is 10.0. The lowest BCUT2D eigenvalue weighted by molar-refractivity contribution is 0.0993. The van der Waals surface area contributed by atoms with Crippen LogP contribution in [-0.4, -0.2) is 11.7 Å². The molecule has 27 heavy (non-hydrogen) atoms. The number of furan rings is 2. The molecule has 4 rings (SSSR count). The van der Waals surface area contributed by atoms with E-state index in [1.165, 1.54) is 6.26 Å². The van der Waals surface area contributed by atoms with Crippen LogP contribution in [0.4, 0.5) is 5.69 Å². The van der Waals surface area contributed by atoms with E-state index >= 15 is 0 Å². The summed E-state index contributed by atoms with van der Waals surface area (Å²) in [7, 11) is 0. The summed E-state index contributed by atoms with van der Waals surface area (Å²) in [6.45, 7) is 3.83. The van der Waals surface area contributed by atoms with Gasteiger partial charge in [0.15, 0.2) is 11.5 Å². The normalized spacial score (nSPS) is 10.9. The number of carbonyl (C=O) groups is 2. The van der Waals surface area contributed by atoms with Crippen LogP contribution in [0.25, 0.3) is 11.0 Å². The van der Waals surface area contributed by atoms with Gasteiger partial charge in [-0.3, -0.25) is 9.59 Å².